The lowest BCUT2D eigenvalue weighted by atomic mass is 10.1. The maximum Gasteiger partial charge on any atom is 0.00640 e. The Morgan fingerprint density at radius 2 is 2.08 bits per heavy atom. The summed E-state index contributed by atoms with van der Waals surface area (Å²) in [6.07, 6.45) is 5.26. The topological polar surface area (TPSA) is 29.3 Å². The summed E-state index contributed by atoms with van der Waals surface area (Å²) in [5.74, 6) is 0. The predicted molar refractivity (Wildman–Crippen MR) is 57.7 cm³/mol. The van der Waals surface area contributed by atoms with Gasteiger partial charge >= 0.3 is 0 Å². The fourth-order valence-electron chi connectivity index (χ4n) is 1.93. The third-order valence-corrected chi connectivity index (χ3v) is 3.43. The molecule has 0 aromatic heterocycles. The second-order valence-corrected chi connectivity index (χ2v) is 4.76. The molecule has 1 atom stereocenters. The van der Waals surface area contributed by atoms with Crippen LogP contribution in [0.4, 0.5) is 0 Å². The standard InChI is InChI=1S/C11H24N2/c1-4-5-10(2)13(3)9-11(8-12)6-7-11/h10H,4-9,12H2,1-3H3. The van der Waals surface area contributed by atoms with Gasteiger partial charge in [0.15, 0.2) is 0 Å². The van der Waals surface area contributed by atoms with Gasteiger partial charge in [-0.3, -0.25) is 0 Å². The van der Waals surface area contributed by atoms with Crippen LogP contribution in [-0.2, 0) is 0 Å². The van der Waals surface area contributed by atoms with Crippen LogP contribution in [0.25, 0.3) is 0 Å². The molecule has 0 bridgehead atoms. The molecule has 1 unspecified atom stereocenters. The van der Waals surface area contributed by atoms with Gasteiger partial charge in [-0.2, -0.15) is 0 Å². The lowest BCUT2D eigenvalue weighted by Gasteiger charge is -2.28. The molecule has 1 saturated carbocycles. The van der Waals surface area contributed by atoms with Crippen molar-refractivity contribution in [1.29, 1.82) is 0 Å². The van der Waals surface area contributed by atoms with E-state index < -0.39 is 0 Å². The number of nitrogens with two attached hydrogens (primary N) is 1. The monoisotopic (exact) mass is 184 g/mol. The van der Waals surface area contributed by atoms with E-state index in [0.29, 0.717) is 11.5 Å². The van der Waals surface area contributed by atoms with E-state index >= 15 is 0 Å². The van der Waals surface area contributed by atoms with Crippen molar-refractivity contribution < 1.29 is 0 Å². The van der Waals surface area contributed by atoms with Gasteiger partial charge in [-0.25, -0.2) is 0 Å². The molecule has 78 valence electrons. The summed E-state index contributed by atoms with van der Waals surface area (Å²) < 4.78 is 0. The van der Waals surface area contributed by atoms with Crippen LogP contribution in [-0.4, -0.2) is 31.1 Å². The highest BCUT2D eigenvalue weighted by Gasteiger charge is 2.42. The smallest absolute Gasteiger partial charge is 0.00640 e. The van der Waals surface area contributed by atoms with Crippen LogP contribution in [0.3, 0.4) is 0 Å². The van der Waals surface area contributed by atoms with Crippen molar-refractivity contribution in [3.63, 3.8) is 0 Å². The third-order valence-electron chi connectivity index (χ3n) is 3.43. The minimum Gasteiger partial charge on any atom is -0.330 e. The summed E-state index contributed by atoms with van der Waals surface area (Å²) in [6, 6.07) is 0.717. The van der Waals surface area contributed by atoms with Crippen LogP contribution in [0.5, 0.6) is 0 Å². The Labute approximate surface area is 82.5 Å². The van der Waals surface area contributed by atoms with Crippen LogP contribution < -0.4 is 5.73 Å². The van der Waals surface area contributed by atoms with Crippen molar-refractivity contribution in [2.75, 3.05) is 20.1 Å². The summed E-state index contributed by atoms with van der Waals surface area (Å²) in [4.78, 5) is 2.48. The van der Waals surface area contributed by atoms with Crippen molar-refractivity contribution in [2.45, 2.75) is 45.6 Å². The molecule has 0 radical (unpaired) electrons. The molecule has 0 saturated heterocycles. The average molecular weight is 184 g/mol. The molecule has 0 heterocycles. The first-order valence-electron chi connectivity index (χ1n) is 5.54. The largest absolute Gasteiger partial charge is 0.330 e. The average Bonchev–Trinajstić information content (AvgIpc) is 2.86. The van der Waals surface area contributed by atoms with E-state index in [0.717, 1.165) is 6.54 Å². The predicted octanol–water partition coefficient (Wildman–Crippen LogP) is 1.85. The molecule has 2 heteroatoms. The van der Waals surface area contributed by atoms with E-state index in [9.17, 15) is 0 Å². The maximum absolute atomic E-state index is 5.76. The Kier molecular flexibility index (Phi) is 3.74. The van der Waals surface area contributed by atoms with Crippen LogP contribution in [0.15, 0.2) is 0 Å². The molecule has 1 fully saturated rings. The van der Waals surface area contributed by atoms with E-state index in [1.54, 1.807) is 0 Å². The van der Waals surface area contributed by atoms with Gasteiger partial charge in [-0.1, -0.05) is 13.3 Å². The number of nitrogens with zero attached hydrogens (tertiary/aromatic N) is 1. The van der Waals surface area contributed by atoms with E-state index in [-0.39, 0.29) is 0 Å². The third kappa shape index (κ3) is 2.96. The van der Waals surface area contributed by atoms with Crippen LogP contribution in [0, 0.1) is 5.41 Å². The molecule has 1 rings (SSSR count). The first-order valence-corrected chi connectivity index (χ1v) is 5.54. The van der Waals surface area contributed by atoms with E-state index in [1.165, 1.54) is 32.2 Å². The van der Waals surface area contributed by atoms with Gasteiger partial charge in [0.05, 0.1) is 0 Å². The Balaban J connectivity index is 2.27. The second kappa shape index (κ2) is 4.43. The molecule has 0 amide bonds. The quantitative estimate of drug-likeness (QED) is 0.682. The first kappa shape index (κ1) is 11.0. The van der Waals surface area contributed by atoms with Crippen molar-refractivity contribution in [2.24, 2.45) is 11.1 Å². The molecular formula is C11H24N2. The molecule has 1 aliphatic rings. The minimum atomic E-state index is 0.497. The summed E-state index contributed by atoms with van der Waals surface area (Å²) in [5, 5.41) is 0. The van der Waals surface area contributed by atoms with Crippen molar-refractivity contribution >= 4 is 0 Å². The zero-order valence-corrected chi connectivity index (χ0v) is 9.34. The summed E-state index contributed by atoms with van der Waals surface area (Å²) in [5.41, 5.74) is 6.26. The highest BCUT2D eigenvalue weighted by atomic mass is 15.1. The molecular weight excluding hydrogens is 160 g/mol. The van der Waals surface area contributed by atoms with Gasteiger partial charge in [0.25, 0.3) is 0 Å². The molecule has 2 nitrogen and oxygen atoms in total. The summed E-state index contributed by atoms with van der Waals surface area (Å²) >= 11 is 0. The fourth-order valence-corrected chi connectivity index (χ4v) is 1.93. The van der Waals surface area contributed by atoms with E-state index in [1.807, 2.05) is 0 Å². The van der Waals surface area contributed by atoms with Crippen LogP contribution in [0.1, 0.15) is 39.5 Å². The number of hydrogen-bond donors (Lipinski definition) is 1. The molecule has 13 heavy (non-hydrogen) atoms. The van der Waals surface area contributed by atoms with Gasteiger partial charge in [-0.15, -0.1) is 0 Å². The van der Waals surface area contributed by atoms with Crippen LogP contribution in [0.2, 0.25) is 0 Å². The Morgan fingerprint density at radius 1 is 1.46 bits per heavy atom. The van der Waals surface area contributed by atoms with Gasteiger partial charge in [-0.05, 0) is 45.2 Å². The normalized spacial score (nSPS) is 21.9. The van der Waals surface area contributed by atoms with Gasteiger partial charge in [0.1, 0.15) is 0 Å². The Hall–Kier alpha value is -0.0800. The van der Waals surface area contributed by atoms with Gasteiger partial charge in [0.2, 0.25) is 0 Å². The van der Waals surface area contributed by atoms with Gasteiger partial charge < -0.3 is 10.6 Å². The highest BCUT2D eigenvalue weighted by molar-refractivity contribution is 4.96. The highest BCUT2D eigenvalue weighted by Crippen LogP contribution is 2.45. The van der Waals surface area contributed by atoms with Gasteiger partial charge in [0, 0.05) is 12.6 Å². The molecule has 0 aliphatic heterocycles. The van der Waals surface area contributed by atoms with Crippen molar-refractivity contribution in [3.8, 4) is 0 Å². The zero-order chi connectivity index (χ0) is 9.90. The first-order chi connectivity index (χ1) is 6.13. The lowest BCUT2D eigenvalue weighted by Crippen LogP contribution is -2.37. The molecule has 0 aromatic carbocycles. The lowest BCUT2D eigenvalue weighted by molar-refractivity contribution is 0.201. The van der Waals surface area contributed by atoms with Crippen LogP contribution >= 0.6 is 0 Å². The van der Waals surface area contributed by atoms with E-state index in [2.05, 4.69) is 25.8 Å². The number of rotatable bonds is 6. The zero-order valence-electron chi connectivity index (χ0n) is 9.34. The molecule has 2 N–H and O–H groups in total. The Morgan fingerprint density at radius 3 is 2.46 bits per heavy atom. The fraction of sp³-hybridized carbons (Fsp3) is 1.00. The van der Waals surface area contributed by atoms with Crippen molar-refractivity contribution in [1.82, 2.24) is 4.90 Å². The number of hydrogen-bond acceptors (Lipinski definition) is 2. The SMILES string of the molecule is CCCC(C)N(C)CC1(CN)CC1. The molecule has 0 aromatic rings. The summed E-state index contributed by atoms with van der Waals surface area (Å²) in [7, 11) is 2.23. The molecule has 0 spiro atoms. The second-order valence-electron chi connectivity index (χ2n) is 4.76. The minimum absolute atomic E-state index is 0.497. The summed E-state index contributed by atoms with van der Waals surface area (Å²) in [6.45, 7) is 6.64. The van der Waals surface area contributed by atoms with E-state index in [4.69, 9.17) is 5.73 Å². The maximum atomic E-state index is 5.76. The van der Waals surface area contributed by atoms with Crippen molar-refractivity contribution in [3.05, 3.63) is 0 Å². The molecule has 1 aliphatic carbocycles. The Bertz CT molecular complexity index is 152.